The van der Waals surface area contributed by atoms with Gasteiger partial charge in [0.2, 0.25) is 5.95 Å². The highest BCUT2D eigenvalue weighted by molar-refractivity contribution is 5.83. The van der Waals surface area contributed by atoms with Crippen molar-refractivity contribution < 1.29 is 22.7 Å². The molecule has 0 radical (unpaired) electrons. The van der Waals surface area contributed by atoms with E-state index in [0.29, 0.717) is 18.7 Å². The third-order valence-corrected chi connectivity index (χ3v) is 4.60. The number of hydrogen-bond donors (Lipinski definition) is 3. The van der Waals surface area contributed by atoms with Gasteiger partial charge in [-0.25, -0.2) is 9.78 Å². The summed E-state index contributed by atoms with van der Waals surface area (Å²) in [4.78, 5) is 19.4. The number of carbonyl (C=O) groups is 1. The first-order valence-electron chi connectivity index (χ1n) is 10.4. The summed E-state index contributed by atoms with van der Waals surface area (Å²) in [6.45, 7) is 4.56. The lowest BCUT2D eigenvalue weighted by Gasteiger charge is -2.15. The van der Waals surface area contributed by atoms with Gasteiger partial charge in [0, 0.05) is 37.4 Å². The summed E-state index contributed by atoms with van der Waals surface area (Å²) in [5.74, 6) is -0.0613. The lowest BCUT2D eigenvalue weighted by Crippen LogP contribution is -2.28. The molecule has 0 spiro atoms. The molecule has 3 N–H and O–H groups in total. The Morgan fingerprint density at radius 1 is 1.24 bits per heavy atom. The first-order chi connectivity index (χ1) is 15.6. The highest BCUT2D eigenvalue weighted by Gasteiger charge is 2.35. The smallest absolute Gasteiger partial charge is 0.421 e. The maximum absolute atomic E-state index is 13.4. The van der Waals surface area contributed by atoms with E-state index in [4.69, 9.17) is 4.74 Å². The van der Waals surface area contributed by atoms with Crippen LogP contribution >= 0.6 is 0 Å². The summed E-state index contributed by atoms with van der Waals surface area (Å²) in [5.41, 5.74) is 0.478. The van der Waals surface area contributed by atoms with Crippen LogP contribution < -0.4 is 16.0 Å². The van der Waals surface area contributed by atoms with E-state index >= 15 is 0 Å². The van der Waals surface area contributed by atoms with Gasteiger partial charge in [-0.2, -0.15) is 23.3 Å². The van der Waals surface area contributed by atoms with E-state index < -0.39 is 17.8 Å². The summed E-state index contributed by atoms with van der Waals surface area (Å²) >= 11 is 0. The van der Waals surface area contributed by atoms with Gasteiger partial charge in [0.05, 0.1) is 18.3 Å². The Morgan fingerprint density at radius 2 is 2.03 bits per heavy atom. The molecule has 0 aliphatic carbocycles. The fourth-order valence-electron chi connectivity index (χ4n) is 2.92. The van der Waals surface area contributed by atoms with Gasteiger partial charge in [-0.15, -0.1) is 0 Å². The number of nitrogens with zero attached hydrogens (tertiary/aromatic N) is 4. The van der Waals surface area contributed by atoms with Crippen LogP contribution in [0.4, 0.5) is 35.4 Å². The average molecular weight is 465 g/mol. The van der Waals surface area contributed by atoms with Crippen LogP contribution in [-0.4, -0.2) is 45.5 Å². The van der Waals surface area contributed by atoms with Gasteiger partial charge >= 0.3 is 12.3 Å². The van der Waals surface area contributed by atoms with E-state index in [1.54, 1.807) is 30.1 Å². The standard InChI is InChI=1S/C21H26F3N7O2/c1-13(2)10-27-20(32)33-8-4-7-25-18-16(21(22,23)24)12-26-19(30-18)29-15-6-5-14-11-28-31(3)17(14)9-15/h5-6,9,11-13H,4,7-8,10H2,1-3H3,(H,27,32)(H2,25,26,29,30). The molecule has 12 heteroatoms. The topological polar surface area (TPSA) is 106 Å². The minimum atomic E-state index is -4.62. The van der Waals surface area contributed by atoms with Gasteiger partial charge in [0.25, 0.3) is 0 Å². The van der Waals surface area contributed by atoms with E-state index in [9.17, 15) is 18.0 Å². The molecule has 3 rings (SSSR count). The maximum Gasteiger partial charge on any atom is 0.421 e. The number of nitrogens with one attached hydrogen (secondary N) is 3. The van der Waals surface area contributed by atoms with Crippen LogP contribution in [0.1, 0.15) is 25.8 Å². The van der Waals surface area contributed by atoms with Crippen LogP contribution in [0.3, 0.4) is 0 Å². The summed E-state index contributed by atoms with van der Waals surface area (Å²) in [5, 5.41) is 13.3. The molecule has 0 atom stereocenters. The molecule has 2 heterocycles. The van der Waals surface area contributed by atoms with Crippen LogP contribution in [0, 0.1) is 5.92 Å². The van der Waals surface area contributed by atoms with Crippen molar-refractivity contribution in [3.63, 3.8) is 0 Å². The first-order valence-corrected chi connectivity index (χ1v) is 10.4. The number of aryl methyl sites for hydroxylation is 1. The summed E-state index contributed by atoms with van der Waals surface area (Å²) in [6.07, 6.45) is -2.43. The summed E-state index contributed by atoms with van der Waals surface area (Å²) in [7, 11) is 1.79. The van der Waals surface area contributed by atoms with E-state index in [0.717, 1.165) is 17.1 Å². The van der Waals surface area contributed by atoms with Crippen LogP contribution in [0.25, 0.3) is 10.9 Å². The SMILES string of the molecule is CC(C)CNC(=O)OCCCNc1nc(Nc2ccc3cnn(C)c3c2)ncc1C(F)(F)F. The number of alkyl carbamates (subject to hydrolysis) is 1. The molecule has 0 unspecified atom stereocenters. The zero-order valence-corrected chi connectivity index (χ0v) is 18.5. The summed E-state index contributed by atoms with van der Waals surface area (Å²) < 4.78 is 46.9. The fourth-order valence-corrected chi connectivity index (χ4v) is 2.92. The molecule has 33 heavy (non-hydrogen) atoms. The van der Waals surface area contributed by atoms with Crippen LogP contribution in [0.15, 0.2) is 30.6 Å². The second-order valence-electron chi connectivity index (χ2n) is 7.81. The molecule has 0 saturated heterocycles. The Bertz CT molecular complexity index is 1100. The molecule has 0 aliphatic heterocycles. The van der Waals surface area contributed by atoms with E-state index in [2.05, 4.69) is 31.0 Å². The van der Waals surface area contributed by atoms with Crippen molar-refractivity contribution in [3.8, 4) is 0 Å². The lowest BCUT2D eigenvalue weighted by molar-refractivity contribution is -0.137. The number of carbonyl (C=O) groups excluding carboxylic acids is 1. The number of rotatable bonds is 9. The van der Waals surface area contributed by atoms with Crippen molar-refractivity contribution in [1.82, 2.24) is 25.1 Å². The van der Waals surface area contributed by atoms with E-state index in [1.807, 2.05) is 19.9 Å². The maximum atomic E-state index is 13.4. The monoisotopic (exact) mass is 465 g/mol. The van der Waals surface area contributed by atoms with Crippen molar-refractivity contribution in [2.45, 2.75) is 26.4 Å². The van der Waals surface area contributed by atoms with Crippen LogP contribution in [-0.2, 0) is 18.0 Å². The number of hydrogen-bond acceptors (Lipinski definition) is 7. The number of benzene rings is 1. The number of anilines is 3. The van der Waals surface area contributed by atoms with Crippen molar-refractivity contribution in [1.29, 1.82) is 0 Å². The average Bonchev–Trinajstić information content (AvgIpc) is 3.11. The third kappa shape index (κ3) is 6.70. The van der Waals surface area contributed by atoms with E-state index in [-0.39, 0.29) is 30.8 Å². The fraction of sp³-hybridized carbons (Fsp3) is 0.429. The highest BCUT2D eigenvalue weighted by Crippen LogP contribution is 2.34. The number of ether oxygens (including phenoxy) is 1. The predicted octanol–water partition coefficient (Wildman–Crippen LogP) is 4.31. The molecule has 0 fully saturated rings. The Kier molecular flexibility index (Phi) is 7.56. The van der Waals surface area contributed by atoms with Gasteiger partial charge in [-0.1, -0.05) is 13.8 Å². The van der Waals surface area contributed by atoms with Crippen LogP contribution in [0.5, 0.6) is 0 Å². The van der Waals surface area contributed by atoms with Crippen molar-refractivity contribution in [2.75, 3.05) is 30.3 Å². The minimum Gasteiger partial charge on any atom is -0.449 e. The Balaban J connectivity index is 1.63. The molecule has 9 nitrogen and oxygen atoms in total. The number of alkyl halides is 3. The third-order valence-electron chi connectivity index (χ3n) is 4.60. The van der Waals surface area contributed by atoms with Gasteiger partial charge in [-0.05, 0) is 30.5 Å². The molecule has 0 bridgehead atoms. The van der Waals surface area contributed by atoms with Gasteiger partial charge in [0.15, 0.2) is 0 Å². The zero-order valence-electron chi connectivity index (χ0n) is 18.5. The Hall–Kier alpha value is -3.57. The Labute approximate surface area is 188 Å². The molecular formula is C21H26F3N7O2. The zero-order chi connectivity index (χ0) is 24.0. The molecule has 1 aromatic carbocycles. The molecule has 0 aliphatic rings. The predicted molar refractivity (Wildman–Crippen MR) is 118 cm³/mol. The first kappa shape index (κ1) is 24.1. The normalized spacial score (nSPS) is 11.6. The van der Waals surface area contributed by atoms with Crippen molar-refractivity contribution in [2.24, 2.45) is 13.0 Å². The van der Waals surface area contributed by atoms with E-state index in [1.165, 1.54) is 0 Å². The molecular weight excluding hydrogens is 439 g/mol. The minimum absolute atomic E-state index is 0.0105. The van der Waals surface area contributed by atoms with Crippen LogP contribution in [0.2, 0.25) is 0 Å². The number of fused-ring (bicyclic) bond motifs is 1. The number of aromatic nitrogens is 4. The van der Waals surface area contributed by atoms with Gasteiger partial charge in [-0.3, -0.25) is 4.68 Å². The number of halogens is 3. The largest absolute Gasteiger partial charge is 0.449 e. The molecule has 3 aromatic rings. The van der Waals surface area contributed by atoms with Crippen molar-refractivity contribution in [3.05, 3.63) is 36.2 Å². The van der Waals surface area contributed by atoms with Gasteiger partial charge < -0.3 is 20.7 Å². The second kappa shape index (κ2) is 10.4. The molecule has 178 valence electrons. The molecule has 0 saturated carbocycles. The second-order valence-corrected chi connectivity index (χ2v) is 7.81. The summed E-state index contributed by atoms with van der Waals surface area (Å²) in [6, 6.07) is 5.41. The quantitative estimate of drug-likeness (QED) is 0.404. The molecule has 2 aromatic heterocycles. The molecule has 1 amide bonds. The van der Waals surface area contributed by atoms with Gasteiger partial charge in [0.1, 0.15) is 11.4 Å². The lowest BCUT2D eigenvalue weighted by atomic mass is 10.2. The Morgan fingerprint density at radius 3 is 2.76 bits per heavy atom. The highest BCUT2D eigenvalue weighted by atomic mass is 19.4. The number of amides is 1. The van der Waals surface area contributed by atoms with Crippen molar-refractivity contribution >= 4 is 34.4 Å².